The Labute approximate surface area is 127 Å². The van der Waals surface area contributed by atoms with Gasteiger partial charge in [-0.05, 0) is 36.8 Å². The number of carboxylic acid groups (broad SMARTS) is 1. The molecule has 2 aromatic carbocycles. The number of hydrogen-bond donors (Lipinski definition) is 3. The summed E-state index contributed by atoms with van der Waals surface area (Å²) < 4.78 is 0. The van der Waals surface area contributed by atoms with Gasteiger partial charge >= 0.3 is 5.97 Å². The molecule has 5 heteroatoms. The number of carbonyl (C=O) groups excluding carboxylic acids is 1. The number of carboxylic acids is 1. The van der Waals surface area contributed by atoms with Gasteiger partial charge in [0.05, 0.1) is 11.3 Å². The molecule has 0 bridgehead atoms. The summed E-state index contributed by atoms with van der Waals surface area (Å²) in [4.78, 5) is 23.0. The molecule has 0 fully saturated rings. The third-order valence-corrected chi connectivity index (χ3v) is 3.01. The van der Waals surface area contributed by atoms with Gasteiger partial charge in [-0.2, -0.15) is 0 Å². The molecule has 0 aromatic heterocycles. The highest BCUT2D eigenvalue weighted by Crippen LogP contribution is 2.19. The van der Waals surface area contributed by atoms with Crippen molar-refractivity contribution in [3.63, 3.8) is 0 Å². The zero-order valence-electron chi connectivity index (χ0n) is 11.9. The number of aryl methyl sites for hydroxylation is 1. The average molecular weight is 297 g/mol. The lowest BCUT2D eigenvalue weighted by molar-refractivity contribution is -0.111. The predicted octanol–water partition coefficient (Wildman–Crippen LogP) is 3.05. The minimum absolute atomic E-state index is 0.0231. The van der Waals surface area contributed by atoms with E-state index in [1.165, 1.54) is 24.3 Å². The molecule has 112 valence electrons. The van der Waals surface area contributed by atoms with E-state index < -0.39 is 11.9 Å². The molecule has 2 aromatic rings. The molecule has 2 rings (SSSR count). The minimum atomic E-state index is -1.11. The van der Waals surface area contributed by atoms with E-state index in [2.05, 4.69) is 5.32 Å². The van der Waals surface area contributed by atoms with Gasteiger partial charge in [0, 0.05) is 11.6 Å². The fourth-order valence-electron chi connectivity index (χ4n) is 1.92. The van der Waals surface area contributed by atoms with Crippen molar-refractivity contribution in [2.45, 2.75) is 6.92 Å². The number of aromatic carboxylic acids is 1. The van der Waals surface area contributed by atoms with Crippen LogP contribution in [0.1, 0.15) is 21.5 Å². The summed E-state index contributed by atoms with van der Waals surface area (Å²) in [6.07, 6.45) is 2.70. The maximum atomic E-state index is 11.9. The van der Waals surface area contributed by atoms with E-state index in [0.717, 1.165) is 5.56 Å². The van der Waals surface area contributed by atoms with Crippen LogP contribution in [0.15, 0.2) is 48.5 Å². The number of nitrogens with one attached hydrogen (secondary N) is 1. The van der Waals surface area contributed by atoms with Gasteiger partial charge < -0.3 is 15.5 Å². The van der Waals surface area contributed by atoms with Gasteiger partial charge in [0.2, 0.25) is 5.91 Å². The largest absolute Gasteiger partial charge is 0.507 e. The average Bonchev–Trinajstić information content (AvgIpc) is 2.46. The van der Waals surface area contributed by atoms with Crippen molar-refractivity contribution < 1.29 is 19.8 Å². The van der Waals surface area contributed by atoms with Crippen LogP contribution in [0, 0.1) is 6.92 Å². The van der Waals surface area contributed by atoms with Crippen molar-refractivity contribution >= 4 is 23.6 Å². The van der Waals surface area contributed by atoms with Gasteiger partial charge in [0.15, 0.2) is 0 Å². The smallest absolute Gasteiger partial charge is 0.337 e. The SMILES string of the molecule is Cc1ccc(C(=O)O)c(NC(=O)/C=C/c2ccccc2O)c1. The first-order chi connectivity index (χ1) is 10.5. The Morgan fingerprint density at radius 2 is 1.86 bits per heavy atom. The number of amides is 1. The maximum absolute atomic E-state index is 11.9. The summed E-state index contributed by atoms with van der Waals surface area (Å²) in [6.45, 7) is 1.80. The van der Waals surface area contributed by atoms with Crippen molar-refractivity contribution in [3.8, 4) is 5.75 Å². The fourth-order valence-corrected chi connectivity index (χ4v) is 1.92. The van der Waals surface area contributed by atoms with E-state index >= 15 is 0 Å². The Kier molecular flexibility index (Phi) is 4.58. The fraction of sp³-hybridized carbons (Fsp3) is 0.0588. The van der Waals surface area contributed by atoms with Gasteiger partial charge in [-0.3, -0.25) is 4.79 Å². The number of anilines is 1. The number of benzene rings is 2. The van der Waals surface area contributed by atoms with E-state index in [1.54, 1.807) is 37.3 Å². The Balaban J connectivity index is 2.18. The topological polar surface area (TPSA) is 86.6 Å². The van der Waals surface area contributed by atoms with Crippen LogP contribution in [0.5, 0.6) is 5.75 Å². The van der Waals surface area contributed by atoms with Crippen LogP contribution in [-0.2, 0) is 4.79 Å². The highest BCUT2D eigenvalue weighted by atomic mass is 16.4. The lowest BCUT2D eigenvalue weighted by Crippen LogP contribution is -2.12. The van der Waals surface area contributed by atoms with Crippen LogP contribution in [0.2, 0.25) is 0 Å². The molecule has 0 aliphatic heterocycles. The van der Waals surface area contributed by atoms with Gasteiger partial charge in [-0.25, -0.2) is 4.79 Å². The molecule has 0 unspecified atom stereocenters. The lowest BCUT2D eigenvalue weighted by atomic mass is 10.1. The molecule has 0 saturated heterocycles. The van der Waals surface area contributed by atoms with Crippen molar-refractivity contribution in [2.75, 3.05) is 5.32 Å². The number of carbonyl (C=O) groups is 2. The third kappa shape index (κ3) is 3.73. The molecule has 0 atom stereocenters. The predicted molar refractivity (Wildman–Crippen MR) is 83.9 cm³/mol. The Morgan fingerprint density at radius 3 is 2.55 bits per heavy atom. The molecule has 5 nitrogen and oxygen atoms in total. The van der Waals surface area contributed by atoms with Crippen LogP contribution >= 0.6 is 0 Å². The zero-order chi connectivity index (χ0) is 16.1. The number of aromatic hydroxyl groups is 1. The standard InChI is InChI=1S/C17H15NO4/c1-11-6-8-13(17(21)22)14(10-11)18-16(20)9-7-12-4-2-3-5-15(12)19/h2-10,19H,1H3,(H,18,20)(H,21,22)/b9-7+. The molecule has 0 saturated carbocycles. The molecule has 3 N–H and O–H groups in total. The molecule has 0 aliphatic rings. The van der Waals surface area contributed by atoms with Crippen molar-refractivity contribution in [1.82, 2.24) is 0 Å². The van der Waals surface area contributed by atoms with E-state index in [-0.39, 0.29) is 17.0 Å². The number of rotatable bonds is 4. The molecule has 0 aliphatic carbocycles. The van der Waals surface area contributed by atoms with Crippen molar-refractivity contribution in [1.29, 1.82) is 0 Å². The van der Waals surface area contributed by atoms with Crippen LogP contribution in [0.4, 0.5) is 5.69 Å². The first-order valence-electron chi connectivity index (χ1n) is 6.58. The number of phenols is 1. The van der Waals surface area contributed by atoms with Gasteiger partial charge in [0.1, 0.15) is 5.75 Å². The maximum Gasteiger partial charge on any atom is 0.337 e. The summed E-state index contributed by atoms with van der Waals surface area (Å²) in [5, 5.41) is 21.3. The zero-order valence-corrected chi connectivity index (χ0v) is 11.9. The second kappa shape index (κ2) is 6.58. The number of phenolic OH excluding ortho intramolecular Hbond substituents is 1. The van der Waals surface area contributed by atoms with Crippen molar-refractivity contribution in [2.24, 2.45) is 0 Å². The molecule has 0 spiro atoms. The van der Waals surface area contributed by atoms with Crippen LogP contribution in [-0.4, -0.2) is 22.1 Å². The first-order valence-corrected chi connectivity index (χ1v) is 6.58. The van der Waals surface area contributed by atoms with E-state index in [1.807, 2.05) is 0 Å². The van der Waals surface area contributed by atoms with Gasteiger partial charge in [-0.1, -0.05) is 24.3 Å². The Bertz CT molecular complexity index is 750. The van der Waals surface area contributed by atoms with E-state index in [0.29, 0.717) is 5.56 Å². The minimum Gasteiger partial charge on any atom is -0.507 e. The molecular weight excluding hydrogens is 282 g/mol. The summed E-state index contributed by atoms with van der Waals surface area (Å²) >= 11 is 0. The quantitative estimate of drug-likeness (QED) is 0.757. The summed E-state index contributed by atoms with van der Waals surface area (Å²) in [6, 6.07) is 11.3. The number of para-hydroxylation sites is 1. The normalized spacial score (nSPS) is 10.6. The molecule has 1 amide bonds. The molecule has 0 radical (unpaired) electrons. The summed E-state index contributed by atoms with van der Waals surface area (Å²) in [5.41, 5.74) is 1.60. The molecule has 22 heavy (non-hydrogen) atoms. The van der Waals surface area contributed by atoms with Crippen LogP contribution in [0.25, 0.3) is 6.08 Å². The second-order valence-corrected chi connectivity index (χ2v) is 4.74. The monoisotopic (exact) mass is 297 g/mol. The summed E-state index contributed by atoms with van der Waals surface area (Å²) in [5.74, 6) is -1.52. The van der Waals surface area contributed by atoms with Crippen LogP contribution in [0.3, 0.4) is 0 Å². The Morgan fingerprint density at radius 1 is 1.14 bits per heavy atom. The van der Waals surface area contributed by atoms with Crippen LogP contribution < -0.4 is 5.32 Å². The second-order valence-electron chi connectivity index (χ2n) is 4.74. The highest BCUT2D eigenvalue weighted by Gasteiger charge is 2.11. The van der Waals surface area contributed by atoms with E-state index in [9.17, 15) is 14.7 Å². The third-order valence-electron chi connectivity index (χ3n) is 3.01. The highest BCUT2D eigenvalue weighted by molar-refractivity contribution is 6.06. The van der Waals surface area contributed by atoms with Crippen molar-refractivity contribution in [3.05, 3.63) is 65.2 Å². The molecular formula is C17H15NO4. The summed E-state index contributed by atoms with van der Waals surface area (Å²) in [7, 11) is 0. The lowest BCUT2D eigenvalue weighted by Gasteiger charge is -2.07. The Hall–Kier alpha value is -3.08. The first kappa shape index (κ1) is 15.3. The van der Waals surface area contributed by atoms with E-state index in [4.69, 9.17) is 5.11 Å². The van der Waals surface area contributed by atoms with Gasteiger partial charge in [-0.15, -0.1) is 0 Å². The number of hydrogen-bond acceptors (Lipinski definition) is 3. The molecule has 0 heterocycles. The van der Waals surface area contributed by atoms with Gasteiger partial charge in [0.25, 0.3) is 0 Å².